The third kappa shape index (κ3) is 4.58. The monoisotopic (exact) mass is 209 g/mol. The average molecular weight is 209 g/mol. The van der Waals surface area contributed by atoms with Crippen molar-refractivity contribution in [3.05, 3.63) is 35.4 Å². The highest BCUT2D eigenvalue weighted by molar-refractivity contribution is 5.65. The number of carbonyl (C=O) groups excluding carboxylic acids is 1. The van der Waals surface area contributed by atoms with Gasteiger partial charge in [0.05, 0.1) is 0 Å². The number of hydrogen-bond acceptors (Lipinski definition) is 4. The predicted molar refractivity (Wildman–Crippen MR) is 55.8 cm³/mol. The highest BCUT2D eigenvalue weighted by Gasteiger charge is 1.97. The smallest absolute Gasteiger partial charge is 0.330 e. The van der Waals surface area contributed by atoms with Crippen LogP contribution in [-0.2, 0) is 27.6 Å². The molecular formula is C11H15NO3. The topological polar surface area (TPSA) is 61.5 Å². The first kappa shape index (κ1) is 11.7. The molecule has 0 amide bonds. The summed E-state index contributed by atoms with van der Waals surface area (Å²) in [5.41, 5.74) is 7.57. The van der Waals surface area contributed by atoms with Gasteiger partial charge in [-0.05, 0) is 24.1 Å². The summed E-state index contributed by atoms with van der Waals surface area (Å²) in [4.78, 5) is 19.5. The molecule has 0 aliphatic rings. The molecule has 0 spiro atoms. The molecule has 0 radical (unpaired) electrons. The van der Waals surface area contributed by atoms with Gasteiger partial charge in [0.15, 0.2) is 0 Å². The fourth-order valence-corrected chi connectivity index (χ4v) is 1.15. The largest absolute Gasteiger partial charge is 0.339 e. The first-order valence-corrected chi connectivity index (χ1v) is 4.80. The Balaban J connectivity index is 2.39. The molecule has 0 atom stereocenters. The van der Waals surface area contributed by atoms with Crippen molar-refractivity contribution in [3.63, 3.8) is 0 Å². The summed E-state index contributed by atoms with van der Waals surface area (Å²) in [6.45, 7) is 2.20. The maximum Gasteiger partial charge on any atom is 0.339 e. The van der Waals surface area contributed by atoms with Crippen LogP contribution >= 0.6 is 0 Å². The second-order valence-corrected chi connectivity index (χ2v) is 3.19. The van der Waals surface area contributed by atoms with Gasteiger partial charge in [0.2, 0.25) is 0 Å². The molecular weight excluding hydrogens is 194 g/mol. The van der Waals surface area contributed by atoms with Crippen LogP contribution in [0.25, 0.3) is 0 Å². The van der Waals surface area contributed by atoms with Crippen molar-refractivity contribution < 1.29 is 14.6 Å². The van der Waals surface area contributed by atoms with E-state index in [2.05, 4.69) is 4.89 Å². The van der Waals surface area contributed by atoms with E-state index in [1.807, 2.05) is 24.3 Å². The molecule has 15 heavy (non-hydrogen) atoms. The predicted octanol–water partition coefficient (Wildman–Crippen LogP) is 1.18. The first-order valence-electron chi connectivity index (χ1n) is 4.80. The normalized spacial score (nSPS) is 10.0. The van der Waals surface area contributed by atoms with Crippen molar-refractivity contribution in [1.29, 1.82) is 0 Å². The van der Waals surface area contributed by atoms with Gasteiger partial charge in [-0.25, -0.2) is 4.79 Å². The van der Waals surface area contributed by atoms with Gasteiger partial charge in [0, 0.05) is 6.92 Å². The van der Waals surface area contributed by atoms with Crippen molar-refractivity contribution in [3.8, 4) is 0 Å². The van der Waals surface area contributed by atoms with Crippen molar-refractivity contribution in [2.75, 3.05) is 6.54 Å². The van der Waals surface area contributed by atoms with Gasteiger partial charge in [0.1, 0.15) is 6.61 Å². The van der Waals surface area contributed by atoms with Gasteiger partial charge in [-0.1, -0.05) is 24.3 Å². The number of rotatable bonds is 5. The Labute approximate surface area is 88.9 Å². The van der Waals surface area contributed by atoms with Crippen LogP contribution in [0.15, 0.2) is 24.3 Å². The number of nitrogens with two attached hydrogens (primary N) is 1. The van der Waals surface area contributed by atoms with Crippen LogP contribution in [0, 0.1) is 0 Å². The molecule has 0 bridgehead atoms. The summed E-state index contributed by atoms with van der Waals surface area (Å²) >= 11 is 0. The number of carbonyl (C=O) groups is 1. The Kier molecular flexibility index (Phi) is 4.80. The summed E-state index contributed by atoms with van der Waals surface area (Å²) in [6, 6.07) is 7.82. The molecule has 4 heteroatoms. The van der Waals surface area contributed by atoms with Gasteiger partial charge < -0.3 is 5.73 Å². The molecule has 1 aromatic carbocycles. The van der Waals surface area contributed by atoms with E-state index >= 15 is 0 Å². The Morgan fingerprint density at radius 1 is 1.27 bits per heavy atom. The van der Waals surface area contributed by atoms with E-state index in [4.69, 9.17) is 10.6 Å². The van der Waals surface area contributed by atoms with E-state index in [1.54, 1.807) is 0 Å². The Morgan fingerprint density at radius 2 is 1.87 bits per heavy atom. The average Bonchev–Trinajstić information content (AvgIpc) is 2.20. The molecule has 0 fully saturated rings. The molecule has 1 aromatic rings. The van der Waals surface area contributed by atoms with Crippen LogP contribution in [0.4, 0.5) is 0 Å². The van der Waals surface area contributed by atoms with Gasteiger partial charge in [-0.15, -0.1) is 0 Å². The molecule has 2 N–H and O–H groups in total. The Hall–Kier alpha value is -1.39. The van der Waals surface area contributed by atoms with Gasteiger partial charge in [-0.3, -0.25) is 4.89 Å². The maximum atomic E-state index is 10.4. The second kappa shape index (κ2) is 6.16. The van der Waals surface area contributed by atoms with E-state index < -0.39 is 5.97 Å². The Morgan fingerprint density at radius 3 is 2.40 bits per heavy atom. The van der Waals surface area contributed by atoms with E-state index in [1.165, 1.54) is 12.5 Å². The fraction of sp³-hybridized carbons (Fsp3) is 0.364. The summed E-state index contributed by atoms with van der Waals surface area (Å²) in [5.74, 6) is -0.449. The van der Waals surface area contributed by atoms with Crippen LogP contribution in [0.5, 0.6) is 0 Å². The lowest BCUT2D eigenvalue weighted by Gasteiger charge is -2.03. The molecule has 4 nitrogen and oxygen atoms in total. The lowest BCUT2D eigenvalue weighted by molar-refractivity contribution is -0.277. The fourth-order valence-electron chi connectivity index (χ4n) is 1.15. The molecule has 0 unspecified atom stereocenters. The summed E-state index contributed by atoms with van der Waals surface area (Å²) in [5, 5.41) is 0. The zero-order valence-electron chi connectivity index (χ0n) is 8.73. The van der Waals surface area contributed by atoms with E-state index in [-0.39, 0.29) is 6.61 Å². The summed E-state index contributed by atoms with van der Waals surface area (Å²) in [7, 11) is 0. The standard InChI is InChI=1S/C11H15NO3/c1-9(13)15-14-8-11-4-2-10(3-5-11)6-7-12/h2-5H,6-8,12H2,1H3. The SMILES string of the molecule is CC(=O)OOCc1ccc(CCN)cc1. The van der Waals surface area contributed by atoms with Crippen LogP contribution in [-0.4, -0.2) is 12.5 Å². The van der Waals surface area contributed by atoms with Crippen molar-refractivity contribution in [2.45, 2.75) is 20.0 Å². The number of hydrogen-bond donors (Lipinski definition) is 1. The molecule has 82 valence electrons. The van der Waals surface area contributed by atoms with Crippen molar-refractivity contribution >= 4 is 5.97 Å². The quantitative estimate of drug-likeness (QED) is 0.584. The zero-order valence-corrected chi connectivity index (χ0v) is 8.73. The lowest BCUT2D eigenvalue weighted by Crippen LogP contribution is -2.03. The molecule has 0 saturated heterocycles. The maximum absolute atomic E-state index is 10.4. The summed E-state index contributed by atoms with van der Waals surface area (Å²) in [6.07, 6.45) is 0.866. The minimum atomic E-state index is -0.449. The molecule has 0 aromatic heterocycles. The second-order valence-electron chi connectivity index (χ2n) is 3.19. The van der Waals surface area contributed by atoms with E-state index in [0.29, 0.717) is 6.54 Å². The minimum absolute atomic E-state index is 0.266. The van der Waals surface area contributed by atoms with Crippen LogP contribution in [0.2, 0.25) is 0 Å². The summed E-state index contributed by atoms with van der Waals surface area (Å²) < 4.78 is 0. The van der Waals surface area contributed by atoms with Gasteiger partial charge in [-0.2, -0.15) is 4.89 Å². The lowest BCUT2D eigenvalue weighted by atomic mass is 10.1. The highest BCUT2D eigenvalue weighted by atomic mass is 17.2. The van der Waals surface area contributed by atoms with Crippen molar-refractivity contribution in [2.24, 2.45) is 5.73 Å². The molecule has 1 rings (SSSR count). The van der Waals surface area contributed by atoms with Crippen LogP contribution < -0.4 is 5.73 Å². The van der Waals surface area contributed by atoms with Crippen molar-refractivity contribution in [1.82, 2.24) is 0 Å². The van der Waals surface area contributed by atoms with Gasteiger partial charge >= 0.3 is 5.97 Å². The van der Waals surface area contributed by atoms with Gasteiger partial charge in [0.25, 0.3) is 0 Å². The molecule has 0 heterocycles. The molecule has 0 saturated carbocycles. The third-order valence-corrected chi connectivity index (χ3v) is 1.86. The van der Waals surface area contributed by atoms with Crippen LogP contribution in [0.1, 0.15) is 18.1 Å². The highest BCUT2D eigenvalue weighted by Crippen LogP contribution is 2.06. The van der Waals surface area contributed by atoms with Crippen LogP contribution in [0.3, 0.4) is 0 Å². The minimum Gasteiger partial charge on any atom is -0.330 e. The third-order valence-electron chi connectivity index (χ3n) is 1.86. The first-order chi connectivity index (χ1) is 7.22. The van der Waals surface area contributed by atoms with E-state index in [0.717, 1.165) is 12.0 Å². The molecule has 0 aliphatic heterocycles. The number of benzene rings is 1. The Bertz CT molecular complexity index is 308. The van der Waals surface area contributed by atoms with E-state index in [9.17, 15) is 4.79 Å². The zero-order chi connectivity index (χ0) is 11.1. The molecule has 0 aliphatic carbocycles.